The van der Waals surface area contributed by atoms with Crippen LogP contribution in [0, 0.1) is 0 Å². The second-order valence-electron chi connectivity index (χ2n) is 7.01. The van der Waals surface area contributed by atoms with Crippen LogP contribution in [-0.2, 0) is 6.42 Å². The van der Waals surface area contributed by atoms with Crippen LogP contribution in [-0.4, -0.2) is 32.0 Å². The number of nitrogens with zero attached hydrogens (tertiary/aromatic N) is 1. The highest BCUT2D eigenvalue weighted by molar-refractivity contribution is 6.31. The molecule has 1 aromatic heterocycles. The highest BCUT2D eigenvalue weighted by atomic mass is 16.5. The van der Waals surface area contributed by atoms with Crippen LogP contribution in [0.1, 0.15) is 62.1 Å². The van der Waals surface area contributed by atoms with E-state index in [1.54, 1.807) is 30.3 Å². The van der Waals surface area contributed by atoms with Crippen molar-refractivity contribution < 1.29 is 29.4 Å². The first-order chi connectivity index (χ1) is 13.5. The van der Waals surface area contributed by atoms with Crippen LogP contribution in [0.15, 0.2) is 34.9 Å². The first-order valence-electron chi connectivity index (χ1n) is 8.94. The molecule has 0 fully saturated rings. The molecule has 0 bridgehead atoms. The van der Waals surface area contributed by atoms with Crippen molar-refractivity contribution in [3.63, 3.8) is 0 Å². The molecule has 3 aromatic rings. The standard InChI is InChI=1S/C21H15NO6/c23-11-8-4-7-10-12(11)18(25)14-13(17(10)24)19(26)15-16(9-5-2-1-3-6-9)22-28-21(15)20(14)27/h1-3,5-6,11,23-25H,4,7-8H2. The zero-order valence-electron chi connectivity index (χ0n) is 14.6. The third kappa shape index (κ3) is 2.05. The molecule has 5 rings (SSSR count). The molecule has 0 saturated carbocycles. The summed E-state index contributed by atoms with van der Waals surface area (Å²) >= 11 is 0. The lowest BCUT2D eigenvalue weighted by molar-refractivity contribution is 0.0947. The molecule has 1 atom stereocenters. The van der Waals surface area contributed by atoms with E-state index >= 15 is 0 Å². The molecule has 7 heteroatoms. The van der Waals surface area contributed by atoms with Gasteiger partial charge in [-0.25, -0.2) is 0 Å². The molecule has 2 aliphatic rings. The lowest BCUT2D eigenvalue weighted by atomic mass is 9.78. The predicted octanol–water partition coefficient (Wildman–Crippen LogP) is 2.90. The SMILES string of the molecule is O=C1c2c(-c3ccccc3)noc2C(=O)c2c(O)c3c(c(O)c21)CCCC3O. The normalized spacial score (nSPS) is 17.8. The number of phenolic OH excluding ortho intramolecular Hbond substituents is 2. The van der Waals surface area contributed by atoms with Crippen molar-refractivity contribution in [2.45, 2.75) is 25.4 Å². The van der Waals surface area contributed by atoms with Crippen LogP contribution in [0.25, 0.3) is 11.3 Å². The Morgan fingerprint density at radius 3 is 2.43 bits per heavy atom. The number of aliphatic hydroxyl groups is 1. The Bertz CT molecular complexity index is 1160. The van der Waals surface area contributed by atoms with Gasteiger partial charge in [-0.1, -0.05) is 35.5 Å². The molecule has 7 nitrogen and oxygen atoms in total. The average Bonchev–Trinajstić information content (AvgIpc) is 3.15. The number of aromatic hydroxyl groups is 2. The van der Waals surface area contributed by atoms with Crippen LogP contribution in [0.2, 0.25) is 0 Å². The van der Waals surface area contributed by atoms with E-state index in [0.29, 0.717) is 30.4 Å². The number of aromatic nitrogens is 1. The molecule has 1 heterocycles. The maximum absolute atomic E-state index is 13.3. The zero-order chi connectivity index (χ0) is 19.6. The number of ketones is 2. The Labute approximate surface area is 158 Å². The van der Waals surface area contributed by atoms with Crippen molar-refractivity contribution in [3.8, 4) is 22.8 Å². The van der Waals surface area contributed by atoms with Crippen molar-refractivity contribution in [2.75, 3.05) is 0 Å². The molecule has 0 aliphatic heterocycles. The summed E-state index contributed by atoms with van der Waals surface area (Å²) in [5, 5.41) is 35.7. The summed E-state index contributed by atoms with van der Waals surface area (Å²) in [5.41, 5.74) is 0.570. The van der Waals surface area contributed by atoms with Crippen molar-refractivity contribution >= 4 is 11.6 Å². The third-order valence-electron chi connectivity index (χ3n) is 5.45. The number of rotatable bonds is 1. The largest absolute Gasteiger partial charge is 0.507 e. The van der Waals surface area contributed by atoms with E-state index in [9.17, 15) is 24.9 Å². The second-order valence-corrected chi connectivity index (χ2v) is 7.01. The molecule has 0 radical (unpaired) electrons. The number of fused-ring (bicyclic) bond motifs is 3. The van der Waals surface area contributed by atoms with Gasteiger partial charge < -0.3 is 19.8 Å². The second kappa shape index (κ2) is 5.77. The molecular formula is C21H15NO6. The maximum Gasteiger partial charge on any atom is 0.236 e. The molecule has 2 aromatic carbocycles. The van der Waals surface area contributed by atoms with E-state index in [4.69, 9.17) is 4.52 Å². The van der Waals surface area contributed by atoms with Gasteiger partial charge in [-0.15, -0.1) is 0 Å². The summed E-state index contributed by atoms with van der Waals surface area (Å²) in [7, 11) is 0. The number of hydrogen-bond donors (Lipinski definition) is 3. The van der Waals surface area contributed by atoms with E-state index in [2.05, 4.69) is 5.16 Å². The van der Waals surface area contributed by atoms with Gasteiger partial charge in [0.1, 0.15) is 22.8 Å². The molecule has 0 spiro atoms. The molecular weight excluding hydrogens is 362 g/mol. The molecule has 2 aliphatic carbocycles. The van der Waals surface area contributed by atoms with Crippen LogP contribution in [0.4, 0.5) is 0 Å². The molecule has 28 heavy (non-hydrogen) atoms. The Kier molecular flexibility index (Phi) is 3.44. The fourth-order valence-corrected chi connectivity index (χ4v) is 4.15. The first kappa shape index (κ1) is 16.7. The Morgan fingerprint density at radius 2 is 1.68 bits per heavy atom. The minimum absolute atomic E-state index is 0.0327. The molecule has 3 N–H and O–H groups in total. The van der Waals surface area contributed by atoms with Gasteiger partial charge in [0.05, 0.1) is 17.2 Å². The highest BCUT2D eigenvalue weighted by Crippen LogP contribution is 2.49. The summed E-state index contributed by atoms with van der Waals surface area (Å²) in [5.74, 6) is -2.51. The lowest BCUT2D eigenvalue weighted by Crippen LogP contribution is -2.23. The van der Waals surface area contributed by atoms with E-state index in [-0.39, 0.29) is 39.5 Å². The molecule has 140 valence electrons. The Hall–Kier alpha value is -3.45. The topological polar surface area (TPSA) is 121 Å². The van der Waals surface area contributed by atoms with Gasteiger partial charge in [0.25, 0.3) is 0 Å². The van der Waals surface area contributed by atoms with Crippen LogP contribution < -0.4 is 0 Å². The predicted molar refractivity (Wildman–Crippen MR) is 96.5 cm³/mol. The maximum atomic E-state index is 13.3. The third-order valence-corrected chi connectivity index (χ3v) is 5.45. The van der Waals surface area contributed by atoms with Gasteiger partial charge >= 0.3 is 0 Å². The van der Waals surface area contributed by atoms with Crippen molar-refractivity contribution in [1.29, 1.82) is 0 Å². The lowest BCUT2D eigenvalue weighted by Gasteiger charge is -2.27. The van der Waals surface area contributed by atoms with Gasteiger partial charge in [-0.2, -0.15) is 0 Å². The van der Waals surface area contributed by atoms with Gasteiger partial charge in [-0.05, 0) is 19.3 Å². The Morgan fingerprint density at radius 1 is 0.964 bits per heavy atom. The van der Waals surface area contributed by atoms with Crippen molar-refractivity contribution in [1.82, 2.24) is 5.16 Å². The van der Waals surface area contributed by atoms with Crippen molar-refractivity contribution in [2.24, 2.45) is 0 Å². The van der Waals surface area contributed by atoms with Crippen LogP contribution in [0.5, 0.6) is 11.5 Å². The monoisotopic (exact) mass is 377 g/mol. The number of carbonyl (C=O) groups excluding carboxylic acids is 2. The van der Waals surface area contributed by atoms with E-state index in [1.165, 1.54) is 0 Å². The summed E-state index contributed by atoms with van der Waals surface area (Å²) in [4.78, 5) is 26.3. The van der Waals surface area contributed by atoms with Crippen LogP contribution >= 0.6 is 0 Å². The minimum Gasteiger partial charge on any atom is -0.507 e. The smallest absolute Gasteiger partial charge is 0.236 e. The van der Waals surface area contributed by atoms with Gasteiger partial charge in [0, 0.05) is 16.7 Å². The Balaban J connectivity index is 1.80. The average molecular weight is 377 g/mol. The zero-order valence-corrected chi connectivity index (χ0v) is 14.6. The van der Waals surface area contributed by atoms with Gasteiger partial charge in [-0.3, -0.25) is 9.59 Å². The molecule has 1 unspecified atom stereocenters. The summed E-state index contributed by atoms with van der Waals surface area (Å²) in [6, 6.07) is 8.79. The van der Waals surface area contributed by atoms with Gasteiger partial charge in [0.2, 0.25) is 17.3 Å². The van der Waals surface area contributed by atoms with Gasteiger partial charge in [0.15, 0.2) is 0 Å². The molecule has 0 saturated heterocycles. The minimum atomic E-state index is -1.01. The summed E-state index contributed by atoms with van der Waals surface area (Å²) < 4.78 is 5.17. The fraction of sp³-hybridized carbons (Fsp3) is 0.190. The van der Waals surface area contributed by atoms with E-state index in [0.717, 1.165) is 0 Å². The van der Waals surface area contributed by atoms with Crippen molar-refractivity contribution in [3.05, 3.63) is 63.9 Å². The highest BCUT2D eigenvalue weighted by Gasteiger charge is 2.43. The number of hydrogen-bond acceptors (Lipinski definition) is 7. The van der Waals surface area contributed by atoms with E-state index < -0.39 is 23.4 Å². The number of phenols is 2. The molecule has 0 amide bonds. The summed E-state index contributed by atoms with van der Waals surface area (Å²) in [6.45, 7) is 0. The quantitative estimate of drug-likeness (QED) is 0.436. The summed E-state index contributed by atoms with van der Waals surface area (Å²) in [6.07, 6.45) is 0.365. The first-order valence-corrected chi connectivity index (χ1v) is 8.94. The number of carbonyl (C=O) groups is 2. The van der Waals surface area contributed by atoms with E-state index in [1.807, 2.05) is 0 Å². The van der Waals surface area contributed by atoms with Crippen LogP contribution in [0.3, 0.4) is 0 Å². The number of aliphatic hydroxyl groups excluding tert-OH is 1. The number of benzene rings is 2. The fourth-order valence-electron chi connectivity index (χ4n) is 4.15.